The van der Waals surface area contributed by atoms with Crippen LogP contribution >= 0.6 is 0 Å². The van der Waals surface area contributed by atoms with Gasteiger partial charge >= 0.3 is 13.1 Å². The Hall–Kier alpha value is -2.83. The topological polar surface area (TPSA) is 65.0 Å². The second-order valence-corrected chi connectivity index (χ2v) is 5.81. The third kappa shape index (κ3) is 2.86. The van der Waals surface area contributed by atoms with Crippen LogP contribution in [0.15, 0.2) is 54.6 Å². The van der Waals surface area contributed by atoms with Gasteiger partial charge in [-0.3, -0.25) is 0 Å². The number of ether oxygens (including phenoxy) is 2. The van der Waals surface area contributed by atoms with E-state index in [9.17, 15) is 9.82 Å². The van der Waals surface area contributed by atoms with Gasteiger partial charge in [0.1, 0.15) is 11.5 Å². The van der Waals surface area contributed by atoms with Crippen LogP contribution in [0.25, 0.3) is 10.8 Å². The summed E-state index contributed by atoms with van der Waals surface area (Å²) in [6.07, 6.45) is 0. The van der Waals surface area contributed by atoms with Crippen LogP contribution in [0.4, 0.5) is 0 Å². The van der Waals surface area contributed by atoms with Crippen molar-refractivity contribution in [1.29, 1.82) is 0 Å². The highest BCUT2D eigenvalue weighted by atomic mass is 16.5. The monoisotopic (exact) mass is 334 g/mol. The molecule has 0 radical (unpaired) electrons. The molecular weight excluding hydrogens is 319 g/mol. The normalized spacial score (nSPS) is 13.0. The number of carbonyl (C=O) groups is 1. The van der Waals surface area contributed by atoms with E-state index >= 15 is 0 Å². The third-order valence-electron chi connectivity index (χ3n) is 4.27. The Bertz CT molecular complexity index is 969. The van der Waals surface area contributed by atoms with Crippen LogP contribution < -0.4 is 10.2 Å². The Morgan fingerprint density at radius 1 is 1.12 bits per heavy atom. The first-order valence-electron chi connectivity index (χ1n) is 7.87. The van der Waals surface area contributed by atoms with Crippen molar-refractivity contribution < 1.29 is 23.9 Å². The molecule has 0 aliphatic carbocycles. The lowest BCUT2D eigenvalue weighted by Gasteiger charge is -2.10. The lowest BCUT2D eigenvalue weighted by Crippen LogP contribution is -2.27. The van der Waals surface area contributed by atoms with E-state index < -0.39 is 7.12 Å². The molecule has 0 fully saturated rings. The number of methoxy groups -OCH3 is 1. The van der Waals surface area contributed by atoms with E-state index in [-0.39, 0.29) is 5.97 Å². The zero-order valence-electron chi connectivity index (χ0n) is 13.6. The van der Waals surface area contributed by atoms with E-state index in [4.69, 9.17) is 14.1 Å². The summed E-state index contributed by atoms with van der Waals surface area (Å²) in [6.45, 7) is 0.369. The van der Waals surface area contributed by atoms with Crippen molar-refractivity contribution in [2.75, 3.05) is 7.11 Å². The van der Waals surface area contributed by atoms with Gasteiger partial charge in [0, 0.05) is 0 Å². The van der Waals surface area contributed by atoms with E-state index in [1.54, 1.807) is 18.2 Å². The maximum absolute atomic E-state index is 11.9. The van der Waals surface area contributed by atoms with Gasteiger partial charge < -0.3 is 19.2 Å². The van der Waals surface area contributed by atoms with Crippen molar-refractivity contribution in [2.24, 2.45) is 0 Å². The molecule has 3 aromatic carbocycles. The predicted molar refractivity (Wildman–Crippen MR) is 94.2 cm³/mol. The van der Waals surface area contributed by atoms with E-state index in [2.05, 4.69) is 0 Å². The zero-order valence-corrected chi connectivity index (χ0v) is 13.6. The number of hydrogen-bond donors (Lipinski definition) is 1. The molecule has 0 unspecified atom stereocenters. The summed E-state index contributed by atoms with van der Waals surface area (Å²) in [5.41, 5.74) is 2.21. The number of carbonyl (C=O) groups excluding carboxylic acids is 1. The molecule has 0 amide bonds. The molecule has 3 aromatic rings. The van der Waals surface area contributed by atoms with E-state index in [0.29, 0.717) is 23.7 Å². The highest BCUT2D eigenvalue weighted by molar-refractivity contribution is 6.61. The molecule has 1 N–H and O–H groups in total. The van der Waals surface area contributed by atoms with Crippen molar-refractivity contribution >= 4 is 29.3 Å². The van der Waals surface area contributed by atoms with E-state index in [0.717, 1.165) is 21.8 Å². The highest BCUT2D eigenvalue weighted by Gasteiger charge is 2.27. The molecule has 0 aromatic heterocycles. The largest absolute Gasteiger partial charge is 0.491 e. The Morgan fingerprint density at radius 2 is 1.92 bits per heavy atom. The number of benzene rings is 3. The zero-order chi connectivity index (χ0) is 17.4. The number of esters is 1. The molecule has 25 heavy (non-hydrogen) atoms. The molecule has 0 atom stereocenters. The first-order valence-corrected chi connectivity index (χ1v) is 7.87. The molecule has 4 rings (SSSR count). The maximum Gasteiger partial charge on any atom is 0.491 e. The first-order chi connectivity index (χ1) is 12.2. The molecule has 1 aliphatic rings. The second-order valence-electron chi connectivity index (χ2n) is 5.81. The van der Waals surface area contributed by atoms with Crippen LogP contribution in [0.5, 0.6) is 11.5 Å². The lowest BCUT2D eigenvalue weighted by molar-refractivity contribution is 0.0603. The summed E-state index contributed by atoms with van der Waals surface area (Å²) < 4.78 is 15.9. The summed E-state index contributed by atoms with van der Waals surface area (Å²) in [5.74, 6) is 0.963. The van der Waals surface area contributed by atoms with Gasteiger partial charge in [-0.2, -0.15) is 0 Å². The van der Waals surface area contributed by atoms with Crippen LogP contribution in [-0.2, 0) is 16.0 Å². The second kappa shape index (κ2) is 6.24. The van der Waals surface area contributed by atoms with Gasteiger partial charge in [0.15, 0.2) is 0 Å². The van der Waals surface area contributed by atoms with Crippen molar-refractivity contribution in [3.05, 3.63) is 65.7 Å². The molecule has 0 spiro atoms. The summed E-state index contributed by atoms with van der Waals surface area (Å²) in [6, 6.07) is 16.5. The van der Waals surface area contributed by atoms with Crippen LogP contribution in [-0.4, -0.2) is 25.2 Å². The first kappa shape index (κ1) is 15.7. The van der Waals surface area contributed by atoms with Gasteiger partial charge in [-0.15, -0.1) is 0 Å². The van der Waals surface area contributed by atoms with Gasteiger partial charge in [-0.1, -0.05) is 18.2 Å². The molecule has 6 heteroatoms. The minimum atomic E-state index is -0.860. The van der Waals surface area contributed by atoms with Gasteiger partial charge in [-0.25, -0.2) is 4.79 Å². The van der Waals surface area contributed by atoms with Crippen LogP contribution in [0, 0.1) is 0 Å². The molecule has 0 saturated heterocycles. The Balaban J connectivity index is 1.66. The Morgan fingerprint density at radius 3 is 2.76 bits per heavy atom. The maximum atomic E-state index is 11.9. The van der Waals surface area contributed by atoms with Gasteiger partial charge in [0.25, 0.3) is 0 Å². The van der Waals surface area contributed by atoms with Gasteiger partial charge in [-0.05, 0) is 58.2 Å². The molecule has 5 nitrogen and oxygen atoms in total. The fourth-order valence-electron chi connectivity index (χ4n) is 3.02. The number of fused-ring (bicyclic) bond motifs is 2. The summed E-state index contributed by atoms with van der Waals surface area (Å²) in [4.78, 5) is 11.9. The molecule has 124 valence electrons. The molecule has 0 saturated carbocycles. The van der Waals surface area contributed by atoms with Crippen molar-refractivity contribution in [1.82, 2.24) is 0 Å². The Labute approximate surface area is 144 Å². The fraction of sp³-hybridized carbons (Fsp3) is 0.105. The third-order valence-corrected chi connectivity index (χ3v) is 4.27. The average Bonchev–Trinajstić information content (AvgIpc) is 3.01. The number of rotatable bonds is 3. The molecular formula is C19H15BO5. The highest BCUT2D eigenvalue weighted by Crippen LogP contribution is 2.28. The van der Waals surface area contributed by atoms with Crippen LogP contribution in [0.1, 0.15) is 15.9 Å². The quantitative estimate of drug-likeness (QED) is 0.589. The SMILES string of the molecule is COC(=O)c1cccc2cc(Oc3ccc4c(c3)COB4O)ccc12. The minimum absolute atomic E-state index is 0.364. The Kier molecular flexibility index (Phi) is 3.91. The number of hydrogen-bond acceptors (Lipinski definition) is 5. The molecule has 0 bridgehead atoms. The molecule has 1 aliphatic heterocycles. The van der Waals surface area contributed by atoms with Crippen molar-refractivity contribution in [2.45, 2.75) is 6.61 Å². The van der Waals surface area contributed by atoms with Gasteiger partial charge in [0.05, 0.1) is 19.3 Å². The standard InChI is InChI=1S/C19H15BO5/c1-23-19(21)17-4-2-3-12-9-14(5-7-16(12)17)25-15-6-8-18-13(10-15)11-24-20(18)22/h2-10,22H,11H2,1H3. The predicted octanol–water partition coefficient (Wildman–Crippen LogP) is 2.64. The average molecular weight is 334 g/mol. The fourth-order valence-corrected chi connectivity index (χ4v) is 3.02. The minimum Gasteiger partial charge on any atom is -0.465 e. The van der Waals surface area contributed by atoms with Gasteiger partial charge in [0.2, 0.25) is 0 Å². The van der Waals surface area contributed by atoms with E-state index in [1.807, 2.05) is 36.4 Å². The lowest BCUT2D eigenvalue weighted by atomic mass is 9.80. The van der Waals surface area contributed by atoms with E-state index in [1.165, 1.54) is 7.11 Å². The van der Waals surface area contributed by atoms with Crippen molar-refractivity contribution in [3.8, 4) is 11.5 Å². The van der Waals surface area contributed by atoms with Crippen LogP contribution in [0.3, 0.4) is 0 Å². The smallest absolute Gasteiger partial charge is 0.465 e. The summed E-state index contributed by atoms with van der Waals surface area (Å²) in [7, 11) is 0.508. The van der Waals surface area contributed by atoms with Crippen LogP contribution in [0.2, 0.25) is 0 Å². The summed E-state index contributed by atoms with van der Waals surface area (Å²) in [5, 5.41) is 11.4. The van der Waals surface area contributed by atoms with Crippen molar-refractivity contribution in [3.63, 3.8) is 0 Å². The molecule has 1 heterocycles. The summed E-state index contributed by atoms with van der Waals surface area (Å²) >= 11 is 0.